The van der Waals surface area contributed by atoms with Gasteiger partial charge in [-0.2, -0.15) is 5.10 Å². The van der Waals surface area contributed by atoms with Crippen LogP contribution in [0.15, 0.2) is 42.5 Å². The zero-order valence-electron chi connectivity index (χ0n) is 12.8. The van der Waals surface area contributed by atoms with E-state index in [0.29, 0.717) is 13.1 Å². The molecule has 0 aliphatic heterocycles. The van der Waals surface area contributed by atoms with E-state index < -0.39 is 0 Å². The highest BCUT2D eigenvalue weighted by Gasteiger charge is 2.02. The van der Waals surface area contributed by atoms with Crippen LogP contribution in [0.4, 0.5) is 5.69 Å². The van der Waals surface area contributed by atoms with Crippen molar-refractivity contribution < 1.29 is 5.11 Å². The molecule has 5 nitrogen and oxygen atoms in total. The number of aliphatic hydroxyl groups is 1. The van der Waals surface area contributed by atoms with E-state index in [4.69, 9.17) is 10.8 Å². The Hall–Kier alpha value is -2.63. The number of anilines is 1. The normalized spacial score (nSPS) is 11.5. The lowest BCUT2D eigenvalue weighted by Gasteiger charge is -2.06. The molecule has 5 heteroatoms. The first-order chi connectivity index (χ1) is 11.3. The number of H-pyrrole nitrogens is 1. The van der Waals surface area contributed by atoms with E-state index in [-0.39, 0.29) is 6.61 Å². The Labute approximate surface area is 134 Å². The van der Waals surface area contributed by atoms with Gasteiger partial charge in [0.2, 0.25) is 0 Å². The van der Waals surface area contributed by atoms with Gasteiger partial charge in [-0.25, -0.2) is 0 Å². The largest absolute Gasteiger partial charge is 0.398 e. The van der Waals surface area contributed by atoms with Crippen LogP contribution in [0.2, 0.25) is 0 Å². The fourth-order valence-electron chi connectivity index (χ4n) is 2.48. The Morgan fingerprint density at radius 1 is 1.17 bits per heavy atom. The number of nitrogens with two attached hydrogens (primary N) is 1. The van der Waals surface area contributed by atoms with Crippen molar-refractivity contribution in [3.05, 3.63) is 59.3 Å². The van der Waals surface area contributed by atoms with Crippen LogP contribution < -0.4 is 11.1 Å². The zero-order chi connectivity index (χ0) is 16.1. The number of fused-ring (bicyclic) bond motifs is 1. The highest BCUT2D eigenvalue weighted by molar-refractivity contribution is 5.90. The molecule has 118 valence electrons. The van der Waals surface area contributed by atoms with Gasteiger partial charge in [-0.3, -0.25) is 5.10 Å². The predicted molar refractivity (Wildman–Crippen MR) is 94.7 cm³/mol. The second-order valence-electron chi connectivity index (χ2n) is 5.35. The monoisotopic (exact) mass is 308 g/mol. The fraction of sp³-hybridized carbons (Fsp3) is 0.167. The molecule has 3 rings (SSSR count). The molecule has 0 saturated heterocycles. The van der Waals surface area contributed by atoms with Gasteiger partial charge in [-0.1, -0.05) is 36.4 Å². The van der Waals surface area contributed by atoms with Crippen molar-refractivity contribution in [2.24, 2.45) is 0 Å². The second kappa shape index (κ2) is 7.09. The van der Waals surface area contributed by atoms with Crippen molar-refractivity contribution in [3.8, 4) is 0 Å². The van der Waals surface area contributed by atoms with Crippen molar-refractivity contribution in [2.75, 3.05) is 18.9 Å². The molecule has 0 radical (unpaired) electrons. The topological polar surface area (TPSA) is 87.0 Å². The van der Waals surface area contributed by atoms with Gasteiger partial charge in [-0.05, 0) is 29.3 Å². The molecule has 0 bridgehead atoms. The summed E-state index contributed by atoms with van der Waals surface area (Å²) in [7, 11) is 0. The highest BCUT2D eigenvalue weighted by atomic mass is 16.3. The van der Waals surface area contributed by atoms with E-state index in [1.165, 1.54) is 0 Å². The van der Waals surface area contributed by atoms with Crippen LogP contribution in [-0.4, -0.2) is 28.5 Å². The second-order valence-corrected chi connectivity index (χ2v) is 5.35. The summed E-state index contributed by atoms with van der Waals surface area (Å²) >= 11 is 0. The molecule has 0 saturated carbocycles. The van der Waals surface area contributed by atoms with Crippen molar-refractivity contribution in [2.45, 2.75) is 6.54 Å². The molecule has 5 N–H and O–H groups in total. The molecule has 0 unspecified atom stereocenters. The molecule has 0 aliphatic rings. The first-order valence-corrected chi connectivity index (χ1v) is 7.59. The third-order valence-electron chi connectivity index (χ3n) is 3.69. The number of para-hydroxylation sites is 1. The number of benzene rings is 2. The van der Waals surface area contributed by atoms with Crippen molar-refractivity contribution in [1.29, 1.82) is 0 Å². The molecular formula is C18H20N4O. The van der Waals surface area contributed by atoms with E-state index >= 15 is 0 Å². The lowest BCUT2D eigenvalue weighted by Crippen LogP contribution is -2.17. The summed E-state index contributed by atoms with van der Waals surface area (Å²) in [4.78, 5) is 0. The van der Waals surface area contributed by atoms with Gasteiger partial charge in [0, 0.05) is 24.2 Å². The van der Waals surface area contributed by atoms with Crippen LogP contribution in [0.1, 0.15) is 16.8 Å². The molecule has 0 spiro atoms. The first-order valence-electron chi connectivity index (χ1n) is 7.59. The Morgan fingerprint density at radius 2 is 2.04 bits per heavy atom. The average Bonchev–Trinajstić information content (AvgIpc) is 2.98. The lowest BCUT2D eigenvalue weighted by molar-refractivity contribution is 0.292. The molecule has 0 aliphatic carbocycles. The third kappa shape index (κ3) is 3.59. The van der Waals surface area contributed by atoms with Gasteiger partial charge in [0.25, 0.3) is 0 Å². The molecule has 0 fully saturated rings. The first kappa shape index (κ1) is 15.3. The van der Waals surface area contributed by atoms with Crippen LogP contribution in [0.25, 0.3) is 23.1 Å². The average molecular weight is 308 g/mol. The SMILES string of the molecule is Nc1cc(CNCCO)ccc1/C=C/c1n[nH]c2ccccc12. The van der Waals surface area contributed by atoms with Gasteiger partial charge in [-0.15, -0.1) is 0 Å². The number of aromatic nitrogens is 2. The van der Waals surface area contributed by atoms with Crippen LogP contribution in [0, 0.1) is 0 Å². The van der Waals surface area contributed by atoms with Gasteiger partial charge in [0.1, 0.15) is 0 Å². The maximum Gasteiger partial charge on any atom is 0.0927 e. The number of aromatic amines is 1. The van der Waals surface area contributed by atoms with E-state index in [0.717, 1.165) is 33.4 Å². The molecule has 0 amide bonds. The van der Waals surface area contributed by atoms with Crippen molar-refractivity contribution in [3.63, 3.8) is 0 Å². The highest BCUT2D eigenvalue weighted by Crippen LogP contribution is 2.20. The quantitative estimate of drug-likeness (QED) is 0.416. The molecule has 23 heavy (non-hydrogen) atoms. The molecule has 1 heterocycles. The van der Waals surface area contributed by atoms with E-state index in [9.17, 15) is 0 Å². The van der Waals surface area contributed by atoms with E-state index in [2.05, 4.69) is 15.5 Å². The lowest BCUT2D eigenvalue weighted by atomic mass is 10.1. The number of nitrogen functional groups attached to an aromatic ring is 1. The Kier molecular flexibility index (Phi) is 4.71. The molecular weight excluding hydrogens is 288 g/mol. The molecule has 1 aromatic heterocycles. The Bertz CT molecular complexity index is 823. The number of hydrogen-bond donors (Lipinski definition) is 4. The standard InChI is InChI=1S/C18H20N4O/c19-16-11-13(12-20-9-10-23)5-6-14(16)7-8-18-15-3-1-2-4-17(15)21-22-18/h1-8,11,20,23H,9-10,12,19H2,(H,21,22)/b8-7+. The van der Waals surface area contributed by atoms with Gasteiger partial charge >= 0.3 is 0 Å². The summed E-state index contributed by atoms with van der Waals surface area (Å²) in [5.41, 5.74) is 10.8. The maximum atomic E-state index is 8.77. The number of rotatable bonds is 6. The van der Waals surface area contributed by atoms with Crippen LogP contribution >= 0.6 is 0 Å². The van der Waals surface area contributed by atoms with Gasteiger partial charge in [0.05, 0.1) is 17.8 Å². The summed E-state index contributed by atoms with van der Waals surface area (Å²) in [5.74, 6) is 0. The fourth-order valence-corrected chi connectivity index (χ4v) is 2.48. The smallest absolute Gasteiger partial charge is 0.0927 e. The van der Waals surface area contributed by atoms with Crippen molar-refractivity contribution in [1.82, 2.24) is 15.5 Å². The Balaban J connectivity index is 1.77. The Morgan fingerprint density at radius 3 is 2.87 bits per heavy atom. The minimum Gasteiger partial charge on any atom is -0.398 e. The van der Waals surface area contributed by atoms with Crippen LogP contribution in [0.3, 0.4) is 0 Å². The van der Waals surface area contributed by atoms with Crippen LogP contribution in [-0.2, 0) is 6.54 Å². The third-order valence-corrected chi connectivity index (χ3v) is 3.69. The number of aliphatic hydroxyl groups excluding tert-OH is 1. The summed E-state index contributed by atoms with van der Waals surface area (Å²) in [5, 5.41) is 20.3. The van der Waals surface area contributed by atoms with E-state index in [1.807, 2.05) is 54.6 Å². The summed E-state index contributed by atoms with van der Waals surface area (Å²) in [6.07, 6.45) is 3.94. The van der Waals surface area contributed by atoms with E-state index in [1.54, 1.807) is 0 Å². The minimum absolute atomic E-state index is 0.133. The molecule has 2 aromatic carbocycles. The predicted octanol–water partition coefficient (Wildman–Crippen LogP) is 2.40. The number of nitrogens with zero attached hydrogens (tertiary/aromatic N) is 1. The van der Waals surface area contributed by atoms with Crippen molar-refractivity contribution >= 4 is 28.7 Å². The van der Waals surface area contributed by atoms with Gasteiger partial charge in [0.15, 0.2) is 0 Å². The summed E-state index contributed by atoms with van der Waals surface area (Å²) in [6, 6.07) is 14.0. The van der Waals surface area contributed by atoms with Gasteiger partial charge < -0.3 is 16.2 Å². The zero-order valence-corrected chi connectivity index (χ0v) is 12.8. The molecule has 0 atom stereocenters. The maximum absolute atomic E-state index is 8.77. The van der Waals surface area contributed by atoms with Crippen LogP contribution in [0.5, 0.6) is 0 Å². The summed E-state index contributed by atoms with van der Waals surface area (Å²) in [6.45, 7) is 1.40. The number of nitrogens with one attached hydrogen (secondary N) is 2. The summed E-state index contributed by atoms with van der Waals surface area (Å²) < 4.78 is 0. The number of hydrogen-bond acceptors (Lipinski definition) is 4. The molecule has 3 aromatic rings. The minimum atomic E-state index is 0.133.